The van der Waals surface area contributed by atoms with Crippen LogP contribution in [0.2, 0.25) is 0 Å². The third kappa shape index (κ3) is 9.79. The summed E-state index contributed by atoms with van der Waals surface area (Å²) >= 11 is 0. The molecule has 1 N–H and O–H groups in total. The number of nitrogens with zero attached hydrogens (tertiary/aromatic N) is 6. The van der Waals surface area contributed by atoms with Crippen LogP contribution >= 0.6 is 8.53 Å². The van der Waals surface area contributed by atoms with Crippen LogP contribution in [0, 0.1) is 6.57 Å². The first kappa shape index (κ1) is 46.2. The van der Waals surface area contributed by atoms with Crippen LogP contribution in [0.25, 0.3) is 16.0 Å². The molecule has 5 atom stereocenters. The Kier molecular flexibility index (Phi) is 15.3. The molecule has 7 rings (SSSR count). The number of nitrogens with one attached hydrogen (secondary N) is 1. The van der Waals surface area contributed by atoms with Gasteiger partial charge in [0.15, 0.2) is 23.2 Å². The van der Waals surface area contributed by atoms with Crippen molar-refractivity contribution in [3.05, 3.63) is 156 Å². The van der Waals surface area contributed by atoms with Gasteiger partial charge in [0.2, 0.25) is 6.54 Å². The molecule has 64 heavy (non-hydrogen) atoms. The number of aromatic nitrogens is 4. The Hall–Kier alpha value is -5.82. The van der Waals surface area contributed by atoms with E-state index in [0.29, 0.717) is 28.2 Å². The second-order valence-electron chi connectivity index (χ2n) is 15.5. The minimum absolute atomic E-state index is 0.00254. The van der Waals surface area contributed by atoms with E-state index in [2.05, 4.69) is 57.5 Å². The van der Waals surface area contributed by atoms with Crippen LogP contribution in [0.3, 0.4) is 0 Å². The molecule has 1 amide bonds. The van der Waals surface area contributed by atoms with E-state index in [1.165, 1.54) is 6.33 Å². The van der Waals surface area contributed by atoms with Crippen molar-refractivity contribution >= 4 is 31.4 Å². The molecule has 0 bridgehead atoms. The van der Waals surface area contributed by atoms with Gasteiger partial charge in [-0.2, -0.15) is 0 Å². The Morgan fingerprint density at radius 1 is 0.828 bits per heavy atom. The quantitative estimate of drug-likeness (QED) is 0.0339. The van der Waals surface area contributed by atoms with Crippen molar-refractivity contribution in [3.63, 3.8) is 0 Å². The van der Waals surface area contributed by atoms with E-state index in [4.69, 9.17) is 39.3 Å². The fraction of sp³-hybridized carbons (Fsp3) is 0.354. The van der Waals surface area contributed by atoms with Gasteiger partial charge in [0.1, 0.15) is 48.3 Å². The summed E-state index contributed by atoms with van der Waals surface area (Å²) in [6.45, 7) is 16.2. The average Bonchev–Trinajstić information content (AvgIpc) is 3.91. The van der Waals surface area contributed by atoms with Crippen molar-refractivity contribution in [2.45, 2.75) is 69.9 Å². The summed E-state index contributed by atoms with van der Waals surface area (Å²) < 4.78 is 49.5. The van der Waals surface area contributed by atoms with Crippen molar-refractivity contribution in [1.82, 2.24) is 24.2 Å². The Morgan fingerprint density at radius 3 is 1.98 bits per heavy atom. The van der Waals surface area contributed by atoms with Crippen molar-refractivity contribution in [3.8, 4) is 11.5 Å². The van der Waals surface area contributed by atoms with Crippen LogP contribution < -0.4 is 14.8 Å². The molecule has 15 nitrogen and oxygen atoms in total. The lowest BCUT2D eigenvalue weighted by atomic mass is 9.80. The number of rotatable bonds is 20. The van der Waals surface area contributed by atoms with Gasteiger partial charge in [0, 0.05) is 24.8 Å². The molecule has 4 aromatic carbocycles. The van der Waals surface area contributed by atoms with E-state index in [9.17, 15) is 4.79 Å². The molecule has 2 unspecified atom stereocenters. The van der Waals surface area contributed by atoms with Crippen molar-refractivity contribution in [2.75, 3.05) is 46.4 Å². The monoisotopic (exact) mass is 887 g/mol. The molecule has 0 aliphatic carbocycles. The first-order valence-electron chi connectivity index (χ1n) is 21.0. The smallest absolute Gasteiger partial charge is 0.259 e. The first-order chi connectivity index (χ1) is 31.1. The highest BCUT2D eigenvalue weighted by atomic mass is 31.2. The highest BCUT2D eigenvalue weighted by Gasteiger charge is 2.51. The fourth-order valence-corrected chi connectivity index (χ4v) is 9.78. The van der Waals surface area contributed by atoms with Crippen LogP contribution in [0.4, 0.5) is 5.82 Å². The number of methoxy groups -OCH3 is 3. The third-order valence-electron chi connectivity index (χ3n) is 11.0. The number of carbonyl (C=O) groups is 1. The lowest BCUT2D eigenvalue weighted by Gasteiger charge is -2.39. The summed E-state index contributed by atoms with van der Waals surface area (Å²) in [7, 11) is 3.11. The maximum Gasteiger partial charge on any atom is 0.259 e. The molecular weight excluding hydrogens is 834 g/mol. The number of carbonyl (C=O) groups excluding carboxylic acids is 1. The molecular formula is C48H54N7O8P. The van der Waals surface area contributed by atoms with Gasteiger partial charge in [-0.25, -0.2) is 26.2 Å². The normalized spacial score (nSPS) is 18.1. The average molecular weight is 888 g/mol. The van der Waals surface area contributed by atoms with E-state index in [-0.39, 0.29) is 43.6 Å². The molecule has 0 spiro atoms. The SMILES string of the molecule is [C-]#[N+]CCOP(OC1[C@@H](COC(c2ccccc2)(c2ccc(OC)cc2)c2ccc(OC)cc2)O[C@@H](n2cnc3c(NC(=O)c4ccccc4)ncnc32)[C@H]1OC)N(C(C)C)C(C)C. The maximum absolute atomic E-state index is 13.3. The first-order valence-corrected chi connectivity index (χ1v) is 22.2. The van der Waals surface area contributed by atoms with Gasteiger partial charge < -0.3 is 42.9 Å². The van der Waals surface area contributed by atoms with Gasteiger partial charge in [0.05, 0.1) is 27.2 Å². The Morgan fingerprint density at radius 2 is 1.42 bits per heavy atom. The van der Waals surface area contributed by atoms with Gasteiger partial charge in [0.25, 0.3) is 14.4 Å². The molecule has 0 saturated carbocycles. The Balaban J connectivity index is 1.33. The lowest BCUT2D eigenvalue weighted by Crippen LogP contribution is -2.42. The van der Waals surface area contributed by atoms with Crippen LogP contribution in [-0.4, -0.2) is 102 Å². The van der Waals surface area contributed by atoms with Crippen LogP contribution in [0.1, 0.15) is 61.0 Å². The second-order valence-corrected chi connectivity index (χ2v) is 16.9. The molecule has 6 aromatic rings. The summed E-state index contributed by atoms with van der Waals surface area (Å²) in [6, 6.07) is 34.6. The molecule has 1 aliphatic rings. The van der Waals surface area contributed by atoms with E-state index in [0.717, 1.165) is 16.7 Å². The number of anilines is 1. The summed E-state index contributed by atoms with van der Waals surface area (Å²) in [5.41, 5.74) is 2.63. The predicted octanol–water partition coefficient (Wildman–Crippen LogP) is 8.68. The minimum atomic E-state index is -1.77. The summed E-state index contributed by atoms with van der Waals surface area (Å²) in [5.74, 6) is 1.30. The zero-order valence-corrected chi connectivity index (χ0v) is 37.9. The standard InChI is InChI=1S/C48H54N7O8P/c1-32(2)55(33(3)4)64(61-28-27-49-5)63-42-40(62-47(43(42)59-8)54-31-52-41-44(50-30-51-45(41)54)53-46(56)34-15-11-9-12-16-34)29-60-48(35-17-13-10-14-18-35,36-19-23-38(57-6)24-20-36)37-21-25-39(58-7)26-22-37/h9-26,30-33,40,42-43,47H,27-29H2,1-4,6-8H3,(H,50,51,53,56)/t40-,42?,43+,47-,64?/m1/s1. The Labute approximate surface area is 375 Å². The number of imidazole rings is 1. The highest BCUT2D eigenvalue weighted by Crippen LogP contribution is 2.51. The highest BCUT2D eigenvalue weighted by molar-refractivity contribution is 7.44. The molecule has 16 heteroatoms. The number of fused-ring (bicyclic) bond motifs is 1. The lowest BCUT2D eigenvalue weighted by molar-refractivity contribution is -0.0938. The number of hydrogen-bond acceptors (Lipinski definition) is 12. The van der Waals surface area contributed by atoms with E-state index in [1.807, 2.05) is 84.9 Å². The van der Waals surface area contributed by atoms with Crippen LogP contribution in [0.15, 0.2) is 122 Å². The zero-order chi connectivity index (χ0) is 45.2. The van der Waals surface area contributed by atoms with E-state index in [1.54, 1.807) is 56.5 Å². The molecule has 3 heterocycles. The number of amides is 1. The number of benzene rings is 4. The maximum atomic E-state index is 13.3. The zero-order valence-electron chi connectivity index (χ0n) is 37.0. The minimum Gasteiger partial charge on any atom is -0.497 e. The van der Waals surface area contributed by atoms with Gasteiger partial charge in [-0.15, -0.1) is 0 Å². The van der Waals surface area contributed by atoms with Crippen LogP contribution in [0.5, 0.6) is 11.5 Å². The van der Waals surface area contributed by atoms with Crippen LogP contribution in [-0.2, 0) is 28.9 Å². The molecule has 334 valence electrons. The second kappa shape index (κ2) is 21.2. The van der Waals surface area contributed by atoms with Gasteiger partial charge in [-0.05, 0) is 80.8 Å². The topological polar surface area (TPSA) is 145 Å². The van der Waals surface area contributed by atoms with Crippen molar-refractivity contribution in [2.24, 2.45) is 0 Å². The van der Waals surface area contributed by atoms with E-state index >= 15 is 0 Å². The molecule has 2 aromatic heterocycles. The summed E-state index contributed by atoms with van der Waals surface area (Å²) in [6.07, 6.45) is -0.195. The Bertz CT molecular complexity index is 2410. The molecule has 1 aliphatic heterocycles. The van der Waals surface area contributed by atoms with Gasteiger partial charge in [-0.3, -0.25) is 9.36 Å². The molecule has 1 saturated heterocycles. The molecule has 0 radical (unpaired) electrons. The van der Waals surface area contributed by atoms with E-state index < -0.39 is 38.7 Å². The predicted molar refractivity (Wildman–Crippen MR) is 244 cm³/mol. The largest absolute Gasteiger partial charge is 0.497 e. The number of ether oxygens (including phenoxy) is 5. The summed E-state index contributed by atoms with van der Waals surface area (Å²) in [5, 5.41) is 2.89. The van der Waals surface area contributed by atoms with Crippen molar-refractivity contribution < 1.29 is 37.5 Å². The van der Waals surface area contributed by atoms with Crippen molar-refractivity contribution in [1.29, 1.82) is 0 Å². The number of hydrogen-bond donors (Lipinski definition) is 1. The summed E-state index contributed by atoms with van der Waals surface area (Å²) in [4.78, 5) is 30.5. The van der Waals surface area contributed by atoms with Gasteiger partial charge >= 0.3 is 0 Å². The third-order valence-corrected chi connectivity index (χ3v) is 13.1. The fourth-order valence-electron chi connectivity index (χ4n) is 8.02. The van der Waals surface area contributed by atoms with Gasteiger partial charge in [-0.1, -0.05) is 72.8 Å². The molecule has 1 fully saturated rings.